The van der Waals surface area contributed by atoms with E-state index in [4.69, 9.17) is 11.5 Å². The summed E-state index contributed by atoms with van der Waals surface area (Å²) in [6.45, 7) is 0.808. The van der Waals surface area contributed by atoms with Crippen molar-refractivity contribution in [3.05, 3.63) is 22.7 Å². The topological polar surface area (TPSA) is 94.0 Å². The summed E-state index contributed by atoms with van der Waals surface area (Å²) in [5.74, 6) is -0.433. The van der Waals surface area contributed by atoms with Gasteiger partial charge in [-0.15, -0.1) is 11.3 Å². The van der Waals surface area contributed by atoms with Crippen molar-refractivity contribution in [1.82, 2.24) is 10.3 Å². The van der Waals surface area contributed by atoms with Gasteiger partial charge in [-0.25, -0.2) is 4.98 Å². The van der Waals surface area contributed by atoms with Crippen LogP contribution < -0.4 is 16.8 Å². The maximum absolute atomic E-state index is 12.6. The zero-order chi connectivity index (χ0) is 15.6. The van der Waals surface area contributed by atoms with Crippen LogP contribution in [-0.2, 0) is 6.18 Å². The molecule has 0 bridgehead atoms. The first-order chi connectivity index (χ1) is 9.84. The summed E-state index contributed by atoms with van der Waals surface area (Å²) in [7, 11) is 0. The largest absolute Gasteiger partial charge is 0.433 e. The minimum Gasteiger partial charge on any atom is -0.397 e. The Kier molecular flexibility index (Phi) is 4.33. The molecule has 0 fully saturated rings. The van der Waals surface area contributed by atoms with Crippen LogP contribution in [0.3, 0.4) is 0 Å². The van der Waals surface area contributed by atoms with Crippen molar-refractivity contribution in [2.75, 3.05) is 18.8 Å². The lowest BCUT2D eigenvalue weighted by Gasteiger charge is -2.04. The molecular formula is C12H13F3N4OS. The van der Waals surface area contributed by atoms with E-state index < -0.39 is 17.8 Å². The zero-order valence-corrected chi connectivity index (χ0v) is 11.6. The van der Waals surface area contributed by atoms with Crippen molar-refractivity contribution in [1.29, 1.82) is 0 Å². The lowest BCUT2D eigenvalue weighted by Crippen LogP contribution is -2.25. The van der Waals surface area contributed by atoms with E-state index in [9.17, 15) is 18.0 Å². The smallest absolute Gasteiger partial charge is 0.397 e. The Bertz CT molecular complexity index is 668. The Morgan fingerprint density at radius 3 is 2.71 bits per heavy atom. The molecule has 0 atom stereocenters. The summed E-state index contributed by atoms with van der Waals surface area (Å²) in [5, 5.41) is 2.95. The van der Waals surface area contributed by atoms with E-state index in [1.54, 1.807) is 0 Å². The quantitative estimate of drug-likeness (QED) is 0.751. The van der Waals surface area contributed by atoms with Crippen molar-refractivity contribution < 1.29 is 18.0 Å². The van der Waals surface area contributed by atoms with Gasteiger partial charge in [0.15, 0.2) is 0 Å². The highest BCUT2D eigenvalue weighted by Crippen LogP contribution is 2.35. The number of hydrogen-bond acceptors (Lipinski definition) is 5. The van der Waals surface area contributed by atoms with Crippen molar-refractivity contribution in [2.24, 2.45) is 5.73 Å². The molecule has 0 spiro atoms. The van der Waals surface area contributed by atoms with Crippen molar-refractivity contribution in [3.63, 3.8) is 0 Å². The van der Waals surface area contributed by atoms with Crippen LogP contribution in [0.5, 0.6) is 0 Å². The third-order valence-corrected chi connectivity index (χ3v) is 3.87. The number of nitrogens with one attached hydrogen (secondary N) is 1. The molecule has 5 nitrogen and oxygen atoms in total. The number of carbonyl (C=O) groups is 1. The molecule has 1 amide bonds. The van der Waals surface area contributed by atoms with Crippen molar-refractivity contribution in [2.45, 2.75) is 12.6 Å². The molecule has 114 valence electrons. The van der Waals surface area contributed by atoms with Gasteiger partial charge in [-0.2, -0.15) is 13.2 Å². The molecule has 0 aliphatic carbocycles. The SMILES string of the molecule is NCCCNC(=O)c1sc2nc(C(F)(F)F)ccc2c1N. The fraction of sp³-hybridized carbons (Fsp3) is 0.333. The number of aromatic nitrogens is 1. The first-order valence-corrected chi connectivity index (χ1v) is 6.90. The van der Waals surface area contributed by atoms with Crippen LogP contribution in [0.2, 0.25) is 0 Å². The second-order valence-electron chi connectivity index (χ2n) is 4.29. The van der Waals surface area contributed by atoms with E-state index in [-0.39, 0.29) is 15.4 Å². The van der Waals surface area contributed by atoms with E-state index in [1.807, 2.05) is 0 Å². The number of amides is 1. The summed E-state index contributed by atoms with van der Waals surface area (Å²) in [5.41, 5.74) is 10.3. The molecule has 0 unspecified atom stereocenters. The van der Waals surface area contributed by atoms with E-state index in [1.165, 1.54) is 6.07 Å². The molecule has 5 N–H and O–H groups in total. The average molecular weight is 318 g/mol. The predicted octanol–water partition coefficient (Wildman–Crippen LogP) is 1.98. The minimum atomic E-state index is -4.53. The molecule has 0 aromatic carbocycles. The third kappa shape index (κ3) is 3.24. The number of nitrogens with zero attached hydrogens (tertiary/aromatic N) is 1. The number of thiophene rings is 1. The van der Waals surface area contributed by atoms with E-state index in [2.05, 4.69) is 10.3 Å². The number of carbonyl (C=O) groups excluding carboxylic acids is 1. The first-order valence-electron chi connectivity index (χ1n) is 6.09. The van der Waals surface area contributed by atoms with Gasteiger partial charge < -0.3 is 16.8 Å². The highest BCUT2D eigenvalue weighted by molar-refractivity contribution is 7.21. The standard InChI is InChI=1S/C12H13F3N4OS/c13-12(14,15)7-3-2-6-8(17)9(21-11(6)19-7)10(20)18-5-1-4-16/h2-3H,1,4-5,16-17H2,(H,18,20). The van der Waals surface area contributed by atoms with Crippen LogP contribution in [0.4, 0.5) is 18.9 Å². The Morgan fingerprint density at radius 2 is 2.10 bits per heavy atom. The minimum absolute atomic E-state index is 0.0892. The van der Waals surface area contributed by atoms with Crippen LogP contribution in [0.15, 0.2) is 12.1 Å². The monoisotopic (exact) mass is 318 g/mol. The molecule has 0 radical (unpaired) electrons. The predicted molar refractivity (Wildman–Crippen MR) is 75.0 cm³/mol. The Balaban J connectivity index is 2.34. The van der Waals surface area contributed by atoms with Gasteiger partial charge in [0.2, 0.25) is 0 Å². The fourth-order valence-electron chi connectivity index (χ4n) is 1.71. The molecule has 0 aliphatic rings. The number of halogens is 3. The van der Waals surface area contributed by atoms with Gasteiger partial charge in [0.1, 0.15) is 15.4 Å². The number of alkyl halides is 3. The van der Waals surface area contributed by atoms with E-state index >= 15 is 0 Å². The fourth-order valence-corrected chi connectivity index (χ4v) is 2.72. The molecule has 2 heterocycles. The molecule has 0 saturated heterocycles. The van der Waals surface area contributed by atoms with Crippen LogP contribution in [-0.4, -0.2) is 24.0 Å². The Morgan fingerprint density at radius 1 is 1.38 bits per heavy atom. The van der Waals surface area contributed by atoms with Gasteiger partial charge in [-0.3, -0.25) is 4.79 Å². The van der Waals surface area contributed by atoms with Crippen LogP contribution in [0.1, 0.15) is 21.8 Å². The van der Waals surface area contributed by atoms with Gasteiger partial charge in [0, 0.05) is 11.9 Å². The zero-order valence-electron chi connectivity index (χ0n) is 10.8. The first kappa shape index (κ1) is 15.5. The van der Waals surface area contributed by atoms with Crippen molar-refractivity contribution in [3.8, 4) is 0 Å². The Labute approximate surface area is 122 Å². The summed E-state index contributed by atoms with van der Waals surface area (Å²) >= 11 is 0.841. The number of fused-ring (bicyclic) bond motifs is 1. The molecule has 2 rings (SSSR count). The van der Waals surface area contributed by atoms with Gasteiger partial charge in [-0.1, -0.05) is 0 Å². The van der Waals surface area contributed by atoms with E-state index in [0.717, 1.165) is 17.4 Å². The highest BCUT2D eigenvalue weighted by atomic mass is 32.1. The third-order valence-electron chi connectivity index (χ3n) is 2.76. The van der Waals surface area contributed by atoms with Crippen LogP contribution in [0.25, 0.3) is 10.2 Å². The van der Waals surface area contributed by atoms with Crippen molar-refractivity contribution >= 4 is 33.1 Å². The lowest BCUT2D eigenvalue weighted by atomic mass is 10.2. The summed E-state index contributed by atoms with van der Waals surface area (Å²) in [6, 6.07) is 2.08. The van der Waals surface area contributed by atoms with Crippen LogP contribution in [0, 0.1) is 0 Å². The average Bonchev–Trinajstić information content (AvgIpc) is 2.75. The molecular weight excluding hydrogens is 305 g/mol. The second-order valence-corrected chi connectivity index (χ2v) is 5.29. The summed E-state index contributed by atoms with van der Waals surface area (Å²) in [4.78, 5) is 15.7. The molecule has 21 heavy (non-hydrogen) atoms. The number of rotatable bonds is 4. The molecule has 9 heteroatoms. The maximum Gasteiger partial charge on any atom is 0.433 e. The van der Waals surface area contributed by atoms with Gasteiger partial charge in [0.25, 0.3) is 5.91 Å². The van der Waals surface area contributed by atoms with E-state index in [0.29, 0.717) is 24.9 Å². The lowest BCUT2D eigenvalue weighted by molar-refractivity contribution is -0.140. The Hall–Kier alpha value is -1.87. The number of nitrogen functional groups attached to an aromatic ring is 1. The summed E-state index contributed by atoms with van der Waals surface area (Å²) in [6.07, 6.45) is -3.93. The number of pyridine rings is 1. The number of anilines is 1. The molecule has 2 aromatic rings. The van der Waals surface area contributed by atoms with Gasteiger partial charge in [0.05, 0.1) is 5.69 Å². The summed E-state index contributed by atoms with van der Waals surface area (Å²) < 4.78 is 37.8. The second kappa shape index (κ2) is 5.86. The number of nitrogens with two attached hydrogens (primary N) is 2. The highest BCUT2D eigenvalue weighted by Gasteiger charge is 2.33. The number of hydrogen-bond donors (Lipinski definition) is 3. The molecule has 2 aromatic heterocycles. The van der Waals surface area contributed by atoms with Crippen LogP contribution >= 0.6 is 11.3 Å². The van der Waals surface area contributed by atoms with Gasteiger partial charge in [-0.05, 0) is 25.1 Å². The molecule has 0 aliphatic heterocycles. The molecule has 0 saturated carbocycles. The normalized spacial score (nSPS) is 11.8. The maximum atomic E-state index is 12.6. The van der Waals surface area contributed by atoms with Gasteiger partial charge >= 0.3 is 6.18 Å².